The molecule has 5 rings (SSSR count). The molecule has 0 amide bonds. The summed E-state index contributed by atoms with van der Waals surface area (Å²) < 4.78 is 15.5. The third-order valence-electron chi connectivity index (χ3n) is 4.95. The van der Waals surface area contributed by atoms with Crippen molar-refractivity contribution < 1.29 is 4.39 Å². The maximum atomic E-state index is 13.4. The van der Waals surface area contributed by atoms with Crippen molar-refractivity contribution in [2.75, 3.05) is 0 Å². The van der Waals surface area contributed by atoms with Gasteiger partial charge < -0.3 is 0 Å². The number of hydrogen-bond donors (Lipinski definition) is 0. The molecule has 0 saturated heterocycles. The molecule has 0 radical (unpaired) electrons. The van der Waals surface area contributed by atoms with E-state index in [0.29, 0.717) is 9.33 Å². The minimum Gasteiger partial charge on any atom is -0.268 e. The van der Waals surface area contributed by atoms with E-state index in [0.717, 1.165) is 22.4 Å². The van der Waals surface area contributed by atoms with Crippen molar-refractivity contribution in [2.45, 2.75) is 6.04 Å². The number of fused-ring (bicyclic) bond motifs is 1. The molecule has 1 unspecified atom stereocenters. The minimum absolute atomic E-state index is 0.139. The molecule has 0 saturated carbocycles. The molecule has 0 N–H and O–H groups in total. The van der Waals surface area contributed by atoms with Crippen molar-refractivity contribution >= 4 is 23.1 Å². The summed E-state index contributed by atoms with van der Waals surface area (Å²) in [6, 6.07) is 25.3. The van der Waals surface area contributed by atoms with Crippen molar-refractivity contribution in [3.05, 3.63) is 127 Å². The van der Waals surface area contributed by atoms with Gasteiger partial charge in [0, 0.05) is 5.56 Å². The van der Waals surface area contributed by atoms with E-state index in [1.165, 1.54) is 23.5 Å². The van der Waals surface area contributed by atoms with Crippen molar-refractivity contribution in [1.82, 2.24) is 4.57 Å². The summed E-state index contributed by atoms with van der Waals surface area (Å²) in [5.41, 5.74) is 3.23. The number of aromatic nitrogens is 1. The van der Waals surface area contributed by atoms with Gasteiger partial charge in [0.1, 0.15) is 11.9 Å². The lowest BCUT2D eigenvalue weighted by Crippen LogP contribution is -2.40. The van der Waals surface area contributed by atoms with Crippen molar-refractivity contribution in [2.24, 2.45) is 10.2 Å². The van der Waals surface area contributed by atoms with Gasteiger partial charge in [0.25, 0.3) is 5.56 Å². The average Bonchev–Trinajstić information content (AvgIpc) is 3.11. The largest absolute Gasteiger partial charge is 0.271 e. The summed E-state index contributed by atoms with van der Waals surface area (Å²) in [4.78, 5) is 13.9. The molecule has 0 aliphatic carbocycles. The first kappa shape index (κ1) is 18.4. The molecule has 0 bridgehead atoms. The molecule has 30 heavy (non-hydrogen) atoms. The van der Waals surface area contributed by atoms with Gasteiger partial charge in [-0.05, 0) is 29.3 Å². The van der Waals surface area contributed by atoms with Crippen LogP contribution in [-0.4, -0.2) is 10.3 Å². The first-order valence-electron chi connectivity index (χ1n) is 9.45. The summed E-state index contributed by atoms with van der Waals surface area (Å²) >= 11 is 1.28. The topological polar surface area (TPSA) is 46.7 Å². The quantitative estimate of drug-likeness (QED) is 0.507. The molecule has 2 heterocycles. The van der Waals surface area contributed by atoms with Crippen molar-refractivity contribution in [3.63, 3.8) is 0 Å². The van der Waals surface area contributed by atoms with E-state index in [1.54, 1.807) is 22.8 Å². The molecule has 4 aromatic rings. The molecular weight excluding hydrogens is 397 g/mol. The van der Waals surface area contributed by atoms with E-state index in [4.69, 9.17) is 0 Å². The van der Waals surface area contributed by atoms with E-state index in [-0.39, 0.29) is 17.4 Å². The SMILES string of the molecule is O=c1c(=Cc2ccc(F)cc2)sc2n1C(c1ccccc1)C(c1ccccc1)=NN=2. The first-order chi connectivity index (χ1) is 14.7. The summed E-state index contributed by atoms with van der Waals surface area (Å²) in [6.45, 7) is 0. The maximum absolute atomic E-state index is 13.4. The summed E-state index contributed by atoms with van der Waals surface area (Å²) in [5, 5.41) is 8.85. The van der Waals surface area contributed by atoms with Crippen LogP contribution in [0, 0.1) is 5.82 Å². The molecular formula is C24H16FN3OS. The first-order valence-corrected chi connectivity index (χ1v) is 10.3. The molecule has 1 aliphatic heterocycles. The van der Waals surface area contributed by atoms with Crippen LogP contribution in [0.15, 0.2) is 99.9 Å². The van der Waals surface area contributed by atoms with Crippen LogP contribution in [0.1, 0.15) is 22.7 Å². The summed E-state index contributed by atoms with van der Waals surface area (Å²) in [7, 11) is 0. The van der Waals surface area contributed by atoms with E-state index in [2.05, 4.69) is 10.2 Å². The van der Waals surface area contributed by atoms with Gasteiger partial charge in [0.15, 0.2) is 0 Å². The zero-order valence-corrected chi connectivity index (χ0v) is 16.6. The van der Waals surface area contributed by atoms with Crippen LogP contribution >= 0.6 is 11.3 Å². The second-order valence-corrected chi connectivity index (χ2v) is 7.89. The Labute approximate surface area is 175 Å². The average molecular weight is 413 g/mol. The van der Waals surface area contributed by atoms with Crippen LogP contribution in [0.25, 0.3) is 6.08 Å². The fourth-order valence-electron chi connectivity index (χ4n) is 3.54. The fraction of sp³-hybridized carbons (Fsp3) is 0.0417. The van der Waals surface area contributed by atoms with Crippen LogP contribution in [0.2, 0.25) is 0 Å². The zero-order chi connectivity index (χ0) is 20.5. The molecule has 146 valence electrons. The Bertz CT molecular complexity index is 1410. The Morgan fingerprint density at radius 1 is 0.867 bits per heavy atom. The number of thiazole rings is 1. The standard InChI is InChI=1S/C24H16FN3OS/c25-19-13-11-16(12-14-19)15-20-23(29)28-22(18-9-5-2-6-10-18)21(26-27-24(28)30-20)17-7-3-1-4-8-17/h1-15,22H. The zero-order valence-electron chi connectivity index (χ0n) is 15.8. The monoisotopic (exact) mass is 413 g/mol. The summed E-state index contributed by atoms with van der Waals surface area (Å²) in [6.07, 6.45) is 1.76. The Morgan fingerprint density at radius 3 is 2.23 bits per heavy atom. The molecule has 0 spiro atoms. The van der Waals surface area contributed by atoms with Gasteiger partial charge >= 0.3 is 0 Å². The maximum Gasteiger partial charge on any atom is 0.271 e. The van der Waals surface area contributed by atoms with E-state index in [1.807, 2.05) is 60.7 Å². The molecule has 6 heteroatoms. The highest BCUT2D eigenvalue weighted by atomic mass is 32.1. The molecule has 1 atom stereocenters. The molecule has 4 nitrogen and oxygen atoms in total. The van der Waals surface area contributed by atoms with Gasteiger partial charge in [0.2, 0.25) is 4.80 Å². The highest BCUT2D eigenvalue weighted by molar-refractivity contribution is 7.07. The number of halogens is 1. The Hall–Kier alpha value is -3.64. The van der Waals surface area contributed by atoms with Gasteiger partial charge in [-0.3, -0.25) is 9.36 Å². The molecule has 3 aromatic carbocycles. The van der Waals surface area contributed by atoms with Crippen LogP contribution in [0.5, 0.6) is 0 Å². The Kier molecular flexibility index (Phi) is 4.69. The van der Waals surface area contributed by atoms with Crippen LogP contribution in [0.4, 0.5) is 4.39 Å². The Morgan fingerprint density at radius 2 is 1.53 bits per heavy atom. The molecule has 1 aliphatic rings. The number of hydrogen-bond acceptors (Lipinski definition) is 4. The second kappa shape index (κ2) is 7.65. The van der Waals surface area contributed by atoms with Crippen LogP contribution in [0.3, 0.4) is 0 Å². The van der Waals surface area contributed by atoms with Gasteiger partial charge in [0.05, 0.1) is 10.2 Å². The van der Waals surface area contributed by atoms with Crippen LogP contribution in [-0.2, 0) is 0 Å². The van der Waals surface area contributed by atoms with E-state index in [9.17, 15) is 9.18 Å². The fourth-order valence-corrected chi connectivity index (χ4v) is 4.48. The van der Waals surface area contributed by atoms with Crippen LogP contribution < -0.4 is 14.9 Å². The number of rotatable bonds is 3. The molecule has 1 aromatic heterocycles. The Balaban J connectivity index is 1.72. The van der Waals surface area contributed by atoms with Gasteiger partial charge in [-0.15, -0.1) is 10.2 Å². The van der Waals surface area contributed by atoms with Crippen molar-refractivity contribution in [3.8, 4) is 0 Å². The third kappa shape index (κ3) is 3.31. The smallest absolute Gasteiger partial charge is 0.268 e. The van der Waals surface area contributed by atoms with Crippen molar-refractivity contribution in [1.29, 1.82) is 0 Å². The summed E-state index contributed by atoms with van der Waals surface area (Å²) in [5.74, 6) is -0.311. The van der Waals surface area contributed by atoms with Gasteiger partial charge in [-0.25, -0.2) is 4.39 Å². The predicted molar refractivity (Wildman–Crippen MR) is 117 cm³/mol. The van der Waals surface area contributed by atoms with Gasteiger partial charge in [-0.2, -0.15) is 0 Å². The molecule has 0 fully saturated rings. The predicted octanol–water partition coefficient (Wildman–Crippen LogP) is 3.50. The normalized spacial score (nSPS) is 16.0. The minimum atomic E-state index is -0.375. The van der Waals surface area contributed by atoms with E-state index < -0.39 is 0 Å². The third-order valence-corrected chi connectivity index (χ3v) is 5.92. The second-order valence-electron chi connectivity index (χ2n) is 6.88. The van der Waals surface area contributed by atoms with E-state index >= 15 is 0 Å². The van der Waals surface area contributed by atoms with Gasteiger partial charge in [-0.1, -0.05) is 84.1 Å². The lowest BCUT2D eigenvalue weighted by atomic mass is 9.96. The highest BCUT2D eigenvalue weighted by Gasteiger charge is 2.28. The highest BCUT2D eigenvalue weighted by Crippen LogP contribution is 2.23. The number of benzene rings is 3. The number of nitrogens with zero attached hydrogens (tertiary/aromatic N) is 3. The lowest BCUT2D eigenvalue weighted by molar-refractivity contribution is 0.628. The lowest BCUT2D eigenvalue weighted by Gasteiger charge is -2.22.